The van der Waals surface area contributed by atoms with Crippen molar-refractivity contribution in [2.45, 2.75) is 25.3 Å². The first-order chi connectivity index (χ1) is 6.68. The largest absolute Gasteiger partial charge is 0.302 e. The van der Waals surface area contributed by atoms with E-state index in [2.05, 4.69) is 23.0 Å². The van der Waals surface area contributed by atoms with Crippen LogP contribution in [0.15, 0.2) is 24.5 Å². The lowest BCUT2D eigenvalue weighted by Crippen LogP contribution is -2.20. The van der Waals surface area contributed by atoms with Gasteiger partial charge in [0.25, 0.3) is 0 Å². The van der Waals surface area contributed by atoms with Crippen LogP contribution in [0.1, 0.15) is 18.9 Å². The minimum absolute atomic E-state index is 0.256. The van der Waals surface area contributed by atoms with Gasteiger partial charge in [-0.3, -0.25) is 4.98 Å². The predicted octanol–water partition coefficient (Wildman–Crippen LogP) is 2.53. The van der Waals surface area contributed by atoms with E-state index in [1.165, 1.54) is 5.56 Å². The van der Waals surface area contributed by atoms with Crippen LogP contribution in [0.5, 0.6) is 0 Å². The molecule has 0 amide bonds. The Morgan fingerprint density at radius 2 is 2.36 bits per heavy atom. The minimum atomic E-state index is 0.256. The lowest BCUT2D eigenvalue weighted by atomic mass is 10.2. The molecule has 0 aliphatic rings. The number of aromatic nitrogens is 1. The average Bonchev–Trinajstić information content (AvgIpc) is 2.16. The molecule has 1 atom stereocenters. The summed E-state index contributed by atoms with van der Waals surface area (Å²) in [5.74, 6) is 0. The summed E-state index contributed by atoms with van der Waals surface area (Å²) in [6, 6.07) is 4.06. The van der Waals surface area contributed by atoms with Gasteiger partial charge in [-0.05, 0) is 38.6 Å². The molecule has 0 aliphatic carbocycles. The standard InChI is InChI=1S/C11H17ClN2/c1-10(12)5-7-14(2)9-11-4-3-6-13-8-11/h3-4,6,8,10H,5,7,9H2,1-2H3. The van der Waals surface area contributed by atoms with Crippen LogP contribution in [0.25, 0.3) is 0 Å². The van der Waals surface area contributed by atoms with Crippen LogP contribution in [0.4, 0.5) is 0 Å². The zero-order valence-electron chi connectivity index (χ0n) is 8.78. The maximum Gasteiger partial charge on any atom is 0.0320 e. The molecule has 1 heterocycles. The summed E-state index contributed by atoms with van der Waals surface area (Å²) in [5.41, 5.74) is 1.25. The van der Waals surface area contributed by atoms with Crippen molar-refractivity contribution in [1.82, 2.24) is 9.88 Å². The van der Waals surface area contributed by atoms with E-state index in [1.807, 2.05) is 19.2 Å². The van der Waals surface area contributed by atoms with Crippen LogP contribution in [0.3, 0.4) is 0 Å². The molecule has 0 fully saturated rings. The minimum Gasteiger partial charge on any atom is -0.302 e. The molecule has 0 spiro atoms. The van der Waals surface area contributed by atoms with Gasteiger partial charge in [-0.25, -0.2) is 0 Å². The van der Waals surface area contributed by atoms with Crippen LogP contribution in [-0.4, -0.2) is 28.9 Å². The molecule has 1 unspecified atom stereocenters. The van der Waals surface area contributed by atoms with Gasteiger partial charge in [0.15, 0.2) is 0 Å². The molecule has 0 N–H and O–H groups in total. The molecule has 0 radical (unpaired) electrons. The molecule has 1 aromatic rings. The summed E-state index contributed by atoms with van der Waals surface area (Å²) in [6.45, 7) is 4.00. The Bertz CT molecular complexity index is 249. The molecule has 1 aromatic heterocycles. The van der Waals surface area contributed by atoms with E-state index in [1.54, 1.807) is 6.20 Å². The van der Waals surface area contributed by atoms with Gasteiger partial charge in [0.05, 0.1) is 0 Å². The summed E-state index contributed by atoms with van der Waals surface area (Å²) in [6.07, 6.45) is 4.73. The van der Waals surface area contributed by atoms with Crippen molar-refractivity contribution in [2.24, 2.45) is 0 Å². The SMILES string of the molecule is CC(Cl)CCN(C)Cc1cccnc1. The van der Waals surface area contributed by atoms with Crippen LogP contribution < -0.4 is 0 Å². The third kappa shape index (κ3) is 4.58. The highest BCUT2D eigenvalue weighted by atomic mass is 35.5. The molecule has 0 bridgehead atoms. The molecule has 0 saturated carbocycles. The Kier molecular flexibility index (Phi) is 4.91. The lowest BCUT2D eigenvalue weighted by molar-refractivity contribution is 0.321. The van der Waals surface area contributed by atoms with E-state index >= 15 is 0 Å². The first kappa shape index (κ1) is 11.5. The Labute approximate surface area is 90.9 Å². The highest BCUT2D eigenvalue weighted by Crippen LogP contribution is 2.04. The molecule has 2 nitrogen and oxygen atoms in total. The van der Waals surface area contributed by atoms with Crippen LogP contribution in [-0.2, 0) is 6.54 Å². The van der Waals surface area contributed by atoms with Gasteiger partial charge < -0.3 is 4.90 Å². The van der Waals surface area contributed by atoms with Gasteiger partial charge in [-0.1, -0.05) is 6.07 Å². The number of rotatable bonds is 5. The highest BCUT2D eigenvalue weighted by Gasteiger charge is 2.02. The number of pyridine rings is 1. The second-order valence-corrected chi connectivity index (χ2v) is 4.41. The third-order valence-corrected chi connectivity index (χ3v) is 2.30. The van der Waals surface area contributed by atoms with Gasteiger partial charge in [0.2, 0.25) is 0 Å². The lowest BCUT2D eigenvalue weighted by Gasteiger charge is -2.16. The fourth-order valence-electron chi connectivity index (χ4n) is 1.28. The van der Waals surface area contributed by atoms with Crippen molar-refractivity contribution >= 4 is 11.6 Å². The van der Waals surface area contributed by atoms with Crippen molar-refractivity contribution < 1.29 is 0 Å². The molecule has 0 aliphatic heterocycles. The molecule has 78 valence electrons. The van der Waals surface area contributed by atoms with E-state index in [4.69, 9.17) is 11.6 Å². The number of halogens is 1. The smallest absolute Gasteiger partial charge is 0.0320 e. The molecular weight excluding hydrogens is 196 g/mol. The molecule has 1 rings (SSSR count). The van der Waals surface area contributed by atoms with Gasteiger partial charge >= 0.3 is 0 Å². The monoisotopic (exact) mass is 212 g/mol. The summed E-state index contributed by atoms with van der Waals surface area (Å²) in [7, 11) is 2.10. The molecule has 0 aromatic carbocycles. The summed E-state index contributed by atoms with van der Waals surface area (Å²) < 4.78 is 0. The molecule has 0 saturated heterocycles. The van der Waals surface area contributed by atoms with Crippen molar-refractivity contribution in [3.05, 3.63) is 30.1 Å². The zero-order valence-corrected chi connectivity index (χ0v) is 9.54. The van der Waals surface area contributed by atoms with E-state index < -0.39 is 0 Å². The fourth-order valence-corrected chi connectivity index (χ4v) is 1.38. The van der Waals surface area contributed by atoms with E-state index in [0.29, 0.717) is 0 Å². The Morgan fingerprint density at radius 3 is 2.93 bits per heavy atom. The van der Waals surface area contributed by atoms with Gasteiger partial charge in [0.1, 0.15) is 0 Å². The maximum absolute atomic E-state index is 5.89. The van der Waals surface area contributed by atoms with Crippen molar-refractivity contribution in [2.75, 3.05) is 13.6 Å². The second-order valence-electron chi connectivity index (χ2n) is 3.67. The number of nitrogens with zero attached hydrogens (tertiary/aromatic N) is 2. The van der Waals surface area contributed by atoms with Gasteiger partial charge in [-0.15, -0.1) is 11.6 Å². The van der Waals surface area contributed by atoms with E-state index in [9.17, 15) is 0 Å². The number of hydrogen-bond acceptors (Lipinski definition) is 2. The zero-order chi connectivity index (χ0) is 10.4. The first-order valence-corrected chi connectivity index (χ1v) is 5.33. The van der Waals surface area contributed by atoms with Crippen molar-refractivity contribution in [3.63, 3.8) is 0 Å². The Morgan fingerprint density at radius 1 is 1.57 bits per heavy atom. The normalized spacial score (nSPS) is 13.1. The number of alkyl halides is 1. The average molecular weight is 213 g/mol. The van der Waals surface area contributed by atoms with Gasteiger partial charge in [-0.2, -0.15) is 0 Å². The topological polar surface area (TPSA) is 16.1 Å². The van der Waals surface area contributed by atoms with E-state index in [-0.39, 0.29) is 5.38 Å². The van der Waals surface area contributed by atoms with E-state index in [0.717, 1.165) is 19.5 Å². The Balaban J connectivity index is 2.30. The summed E-state index contributed by atoms with van der Waals surface area (Å²) in [4.78, 5) is 6.34. The molecular formula is C11H17ClN2. The molecule has 14 heavy (non-hydrogen) atoms. The maximum atomic E-state index is 5.89. The van der Waals surface area contributed by atoms with Gasteiger partial charge in [0, 0.05) is 24.3 Å². The van der Waals surface area contributed by atoms with Crippen molar-refractivity contribution in [1.29, 1.82) is 0 Å². The second kappa shape index (κ2) is 5.99. The van der Waals surface area contributed by atoms with Crippen LogP contribution in [0.2, 0.25) is 0 Å². The third-order valence-electron chi connectivity index (χ3n) is 2.08. The highest BCUT2D eigenvalue weighted by molar-refractivity contribution is 6.20. The predicted molar refractivity (Wildman–Crippen MR) is 60.5 cm³/mol. The number of hydrogen-bond donors (Lipinski definition) is 0. The van der Waals surface area contributed by atoms with Crippen molar-refractivity contribution in [3.8, 4) is 0 Å². The molecule has 3 heteroatoms. The van der Waals surface area contributed by atoms with Crippen LogP contribution >= 0.6 is 11.6 Å². The van der Waals surface area contributed by atoms with Crippen LogP contribution in [0, 0.1) is 0 Å². The fraction of sp³-hybridized carbons (Fsp3) is 0.545. The summed E-state index contributed by atoms with van der Waals surface area (Å²) in [5, 5.41) is 0.256. The Hall–Kier alpha value is -0.600. The summed E-state index contributed by atoms with van der Waals surface area (Å²) >= 11 is 5.89. The first-order valence-electron chi connectivity index (χ1n) is 4.90. The quantitative estimate of drug-likeness (QED) is 0.698.